The Morgan fingerprint density at radius 1 is 1.22 bits per heavy atom. The SMILES string of the molecule is CCC(CC)(NC(=O)c1ccc(N2CC(OC)C2)c(OCC2CC2)n1)C(=O)CCCCF. The minimum atomic E-state index is -0.966. The highest BCUT2D eigenvalue weighted by Crippen LogP contribution is 2.34. The number of amides is 1. The van der Waals surface area contributed by atoms with Gasteiger partial charge in [0, 0.05) is 26.6 Å². The maximum absolute atomic E-state index is 13.1. The van der Waals surface area contributed by atoms with Crippen molar-refractivity contribution in [1.29, 1.82) is 0 Å². The number of ether oxygens (including phenoxy) is 2. The fourth-order valence-electron chi connectivity index (χ4n) is 3.96. The quantitative estimate of drug-likeness (QED) is 0.436. The van der Waals surface area contributed by atoms with E-state index in [1.807, 2.05) is 19.9 Å². The number of hydrogen-bond donors (Lipinski definition) is 1. The summed E-state index contributed by atoms with van der Waals surface area (Å²) in [5.74, 6) is 0.554. The third-order valence-corrected chi connectivity index (χ3v) is 6.63. The van der Waals surface area contributed by atoms with Gasteiger partial charge in [0.2, 0.25) is 5.88 Å². The van der Waals surface area contributed by atoms with E-state index in [1.165, 1.54) is 0 Å². The van der Waals surface area contributed by atoms with E-state index >= 15 is 0 Å². The standard InChI is InChI=1S/C24H36FN3O4/c1-4-24(5-2,21(29)8-6-7-13-25)27-22(30)19-11-12-20(28-14-18(15-28)31-3)23(26-19)32-16-17-9-10-17/h11-12,17-18H,4-10,13-16H2,1-3H3,(H,27,30). The second kappa shape index (κ2) is 11.1. The van der Waals surface area contributed by atoms with Crippen molar-refractivity contribution in [3.8, 4) is 5.88 Å². The van der Waals surface area contributed by atoms with E-state index in [1.54, 1.807) is 13.2 Å². The predicted molar refractivity (Wildman–Crippen MR) is 121 cm³/mol. The number of hydrogen-bond acceptors (Lipinski definition) is 6. The van der Waals surface area contributed by atoms with E-state index in [4.69, 9.17) is 9.47 Å². The molecule has 1 amide bonds. The van der Waals surface area contributed by atoms with E-state index < -0.39 is 18.1 Å². The van der Waals surface area contributed by atoms with Gasteiger partial charge in [-0.1, -0.05) is 13.8 Å². The molecule has 178 valence electrons. The van der Waals surface area contributed by atoms with Gasteiger partial charge >= 0.3 is 0 Å². The monoisotopic (exact) mass is 449 g/mol. The van der Waals surface area contributed by atoms with Gasteiger partial charge in [-0.15, -0.1) is 0 Å². The first kappa shape index (κ1) is 24.4. The lowest BCUT2D eigenvalue weighted by Gasteiger charge is -2.40. The number of Topliss-reactive ketones (excluding diaryl/α,β-unsaturated/α-hetero) is 1. The summed E-state index contributed by atoms with van der Waals surface area (Å²) in [6.07, 6.45) is 4.54. The molecule has 2 heterocycles. The minimum absolute atomic E-state index is 0.0580. The van der Waals surface area contributed by atoms with Crippen LogP contribution in [0.25, 0.3) is 0 Å². The van der Waals surface area contributed by atoms with Crippen LogP contribution in [0.3, 0.4) is 0 Å². The molecule has 1 aliphatic heterocycles. The molecule has 1 saturated heterocycles. The Hall–Kier alpha value is -2.22. The highest BCUT2D eigenvalue weighted by Gasteiger charge is 2.36. The zero-order valence-corrected chi connectivity index (χ0v) is 19.5. The average molecular weight is 450 g/mol. The van der Waals surface area contributed by atoms with Crippen molar-refractivity contribution in [3.05, 3.63) is 17.8 Å². The minimum Gasteiger partial charge on any atom is -0.476 e. The summed E-state index contributed by atoms with van der Waals surface area (Å²) in [5.41, 5.74) is 0.118. The number of unbranched alkanes of at least 4 members (excludes halogenated alkanes) is 1. The third kappa shape index (κ3) is 5.77. The molecule has 1 aromatic heterocycles. The molecule has 0 spiro atoms. The second-order valence-corrected chi connectivity index (χ2v) is 8.85. The van der Waals surface area contributed by atoms with Gasteiger partial charge < -0.3 is 19.7 Å². The number of carbonyl (C=O) groups is 2. The van der Waals surface area contributed by atoms with Crippen LogP contribution >= 0.6 is 0 Å². The summed E-state index contributed by atoms with van der Waals surface area (Å²) >= 11 is 0. The Morgan fingerprint density at radius 2 is 1.94 bits per heavy atom. The average Bonchev–Trinajstić information content (AvgIpc) is 3.60. The van der Waals surface area contributed by atoms with Crippen LogP contribution in [0.15, 0.2) is 12.1 Å². The van der Waals surface area contributed by atoms with Crippen LogP contribution in [-0.2, 0) is 9.53 Å². The normalized spacial score (nSPS) is 16.6. The summed E-state index contributed by atoms with van der Waals surface area (Å²) < 4.78 is 23.8. The molecule has 0 bridgehead atoms. The van der Waals surface area contributed by atoms with E-state index in [-0.39, 0.29) is 24.0 Å². The Morgan fingerprint density at radius 3 is 2.53 bits per heavy atom. The highest BCUT2D eigenvalue weighted by molar-refractivity contribution is 5.99. The molecule has 32 heavy (non-hydrogen) atoms. The number of halogens is 1. The third-order valence-electron chi connectivity index (χ3n) is 6.63. The van der Waals surface area contributed by atoms with Crippen molar-refractivity contribution in [2.24, 2.45) is 5.92 Å². The topological polar surface area (TPSA) is 80.8 Å². The van der Waals surface area contributed by atoms with Crippen LogP contribution in [0.5, 0.6) is 5.88 Å². The van der Waals surface area contributed by atoms with Crippen LogP contribution in [-0.4, -0.2) is 61.8 Å². The molecule has 1 aliphatic carbocycles. The maximum Gasteiger partial charge on any atom is 0.270 e. The lowest BCUT2D eigenvalue weighted by molar-refractivity contribution is -0.125. The summed E-state index contributed by atoms with van der Waals surface area (Å²) in [5, 5.41) is 2.94. The van der Waals surface area contributed by atoms with Gasteiger partial charge in [0.25, 0.3) is 5.91 Å². The Balaban J connectivity index is 1.75. The fourth-order valence-corrected chi connectivity index (χ4v) is 3.96. The van der Waals surface area contributed by atoms with E-state index in [9.17, 15) is 14.0 Å². The van der Waals surface area contributed by atoms with Crippen LogP contribution in [0.2, 0.25) is 0 Å². The number of rotatable bonds is 14. The lowest BCUT2D eigenvalue weighted by atomic mass is 9.85. The zero-order valence-electron chi connectivity index (χ0n) is 19.5. The molecular formula is C24H36FN3O4. The molecule has 2 fully saturated rings. The molecular weight excluding hydrogens is 413 g/mol. The first-order valence-electron chi connectivity index (χ1n) is 11.8. The second-order valence-electron chi connectivity index (χ2n) is 8.85. The van der Waals surface area contributed by atoms with Crippen molar-refractivity contribution in [3.63, 3.8) is 0 Å². The number of ketones is 1. The number of anilines is 1. The summed E-state index contributed by atoms with van der Waals surface area (Å²) in [7, 11) is 1.70. The first-order valence-corrected chi connectivity index (χ1v) is 11.8. The Kier molecular flexibility index (Phi) is 8.45. The number of alkyl halides is 1. The molecule has 3 rings (SSSR count). The number of nitrogens with zero attached hydrogens (tertiary/aromatic N) is 2. The van der Waals surface area contributed by atoms with Gasteiger partial charge in [-0.3, -0.25) is 14.0 Å². The zero-order chi connectivity index (χ0) is 23.1. The van der Waals surface area contributed by atoms with Crippen molar-refractivity contribution in [2.75, 3.05) is 38.4 Å². The number of aromatic nitrogens is 1. The molecule has 1 N–H and O–H groups in total. The van der Waals surface area contributed by atoms with Gasteiger partial charge in [0.15, 0.2) is 5.78 Å². The molecule has 8 heteroatoms. The largest absolute Gasteiger partial charge is 0.476 e. The maximum atomic E-state index is 13.1. The number of methoxy groups -OCH3 is 1. The van der Waals surface area contributed by atoms with Crippen LogP contribution in [0.1, 0.15) is 69.3 Å². The van der Waals surface area contributed by atoms with E-state index in [0.29, 0.717) is 44.1 Å². The van der Waals surface area contributed by atoms with Gasteiger partial charge in [0.1, 0.15) is 11.4 Å². The molecule has 0 unspecified atom stereocenters. The number of nitrogens with one attached hydrogen (secondary N) is 1. The van der Waals surface area contributed by atoms with E-state index in [2.05, 4.69) is 15.2 Å². The fraction of sp³-hybridized carbons (Fsp3) is 0.708. The van der Waals surface area contributed by atoms with Gasteiger partial charge in [-0.25, -0.2) is 4.98 Å². The molecule has 1 saturated carbocycles. The number of carbonyl (C=O) groups excluding carboxylic acids is 2. The van der Waals surface area contributed by atoms with Crippen molar-refractivity contribution < 1.29 is 23.5 Å². The molecule has 0 atom stereocenters. The van der Waals surface area contributed by atoms with Gasteiger partial charge in [-0.05, 0) is 56.6 Å². The van der Waals surface area contributed by atoms with Crippen molar-refractivity contribution in [1.82, 2.24) is 10.3 Å². The van der Waals surface area contributed by atoms with Crippen LogP contribution < -0.4 is 15.0 Å². The summed E-state index contributed by atoms with van der Waals surface area (Å²) in [6.45, 7) is 5.43. The molecule has 0 radical (unpaired) electrons. The number of pyridine rings is 1. The lowest BCUT2D eigenvalue weighted by Crippen LogP contribution is -2.54. The summed E-state index contributed by atoms with van der Waals surface area (Å²) in [4.78, 5) is 32.6. The smallest absolute Gasteiger partial charge is 0.270 e. The Labute approximate surface area is 190 Å². The highest BCUT2D eigenvalue weighted by atomic mass is 19.1. The molecule has 1 aromatic rings. The van der Waals surface area contributed by atoms with Gasteiger partial charge in [0.05, 0.1) is 24.9 Å². The molecule has 7 nitrogen and oxygen atoms in total. The van der Waals surface area contributed by atoms with Crippen LogP contribution in [0, 0.1) is 5.92 Å². The summed E-state index contributed by atoms with van der Waals surface area (Å²) in [6, 6.07) is 3.54. The van der Waals surface area contributed by atoms with Crippen LogP contribution in [0.4, 0.5) is 10.1 Å². The first-order chi connectivity index (χ1) is 15.5. The molecule has 0 aromatic carbocycles. The predicted octanol–water partition coefficient (Wildman–Crippen LogP) is 3.70. The molecule has 2 aliphatic rings. The van der Waals surface area contributed by atoms with Crippen molar-refractivity contribution in [2.45, 2.75) is 70.4 Å². The van der Waals surface area contributed by atoms with E-state index in [0.717, 1.165) is 31.6 Å². The van der Waals surface area contributed by atoms with Crippen molar-refractivity contribution >= 4 is 17.4 Å². The Bertz CT molecular complexity index is 789. The van der Waals surface area contributed by atoms with Gasteiger partial charge in [-0.2, -0.15) is 0 Å².